The number of benzene rings is 1. The quantitative estimate of drug-likeness (QED) is 0.491. The van der Waals surface area contributed by atoms with Crippen molar-refractivity contribution in [2.45, 2.75) is 0 Å². The van der Waals surface area contributed by atoms with Gasteiger partial charge in [0.15, 0.2) is 0 Å². The van der Waals surface area contributed by atoms with Gasteiger partial charge >= 0.3 is 6.03 Å². The Hall–Kier alpha value is -2.96. The molecule has 1 aliphatic heterocycles. The van der Waals surface area contributed by atoms with Crippen LogP contribution >= 0.6 is 0 Å². The summed E-state index contributed by atoms with van der Waals surface area (Å²) in [6, 6.07) is 2.84. The lowest BCUT2D eigenvalue weighted by Gasteiger charge is -2.13. The van der Waals surface area contributed by atoms with Crippen LogP contribution in [0.2, 0.25) is 0 Å². The number of methoxy groups -OCH3 is 3. The lowest BCUT2D eigenvalue weighted by atomic mass is 10.1. The summed E-state index contributed by atoms with van der Waals surface area (Å²) in [5.74, 6) is 1.03. The van der Waals surface area contributed by atoms with Crippen LogP contribution < -0.4 is 19.5 Å². The van der Waals surface area contributed by atoms with Gasteiger partial charge in [-0.05, 0) is 6.08 Å². The molecule has 7 nitrogen and oxygen atoms in total. The first kappa shape index (κ1) is 16.4. The van der Waals surface area contributed by atoms with E-state index in [1.165, 1.54) is 33.5 Å². The summed E-state index contributed by atoms with van der Waals surface area (Å²) in [5, 5.41) is 2.53. The minimum atomic E-state index is -0.493. The molecule has 23 heavy (non-hydrogen) atoms. The van der Waals surface area contributed by atoms with Crippen molar-refractivity contribution >= 4 is 18.0 Å². The summed E-state index contributed by atoms with van der Waals surface area (Å²) in [7, 11) is 4.52. The minimum absolute atomic E-state index is 0.138. The van der Waals surface area contributed by atoms with E-state index in [2.05, 4.69) is 11.9 Å². The maximum atomic E-state index is 12.3. The summed E-state index contributed by atoms with van der Waals surface area (Å²) < 4.78 is 15.8. The highest BCUT2D eigenvalue weighted by Gasteiger charge is 2.33. The third-order valence-corrected chi connectivity index (χ3v) is 3.32. The number of urea groups is 1. The van der Waals surface area contributed by atoms with Crippen LogP contribution in [0.4, 0.5) is 4.79 Å². The second-order valence-corrected chi connectivity index (χ2v) is 4.64. The van der Waals surface area contributed by atoms with E-state index in [4.69, 9.17) is 14.2 Å². The standard InChI is InChI=1S/C16H18N2O5/c1-5-6-18-15(19)12(17-16(18)20)9-11-13(22-3)7-10(21-2)8-14(11)23-4/h5,7-9H,1,6H2,2-4H3,(H,17,20)/b12-9+. The molecule has 0 unspecified atom stereocenters. The fourth-order valence-electron chi connectivity index (χ4n) is 2.19. The largest absolute Gasteiger partial charge is 0.496 e. The average Bonchev–Trinajstić information content (AvgIpc) is 2.82. The van der Waals surface area contributed by atoms with Crippen molar-refractivity contribution in [1.82, 2.24) is 10.2 Å². The summed E-state index contributed by atoms with van der Waals surface area (Å²) in [6.07, 6.45) is 3.00. The number of ether oxygens (including phenoxy) is 3. The average molecular weight is 318 g/mol. The van der Waals surface area contributed by atoms with Crippen LogP contribution in [0.5, 0.6) is 17.2 Å². The van der Waals surface area contributed by atoms with Crippen LogP contribution in [0.1, 0.15) is 5.56 Å². The van der Waals surface area contributed by atoms with E-state index in [9.17, 15) is 9.59 Å². The second-order valence-electron chi connectivity index (χ2n) is 4.64. The summed E-state index contributed by atoms with van der Waals surface area (Å²) >= 11 is 0. The topological polar surface area (TPSA) is 77.1 Å². The Morgan fingerprint density at radius 3 is 2.22 bits per heavy atom. The van der Waals surface area contributed by atoms with Crippen molar-refractivity contribution in [3.8, 4) is 17.2 Å². The lowest BCUT2D eigenvalue weighted by Crippen LogP contribution is -2.30. The molecular weight excluding hydrogens is 300 g/mol. The van der Waals surface area contributed by atoms with Gasteiger partial charge in [0, 0.05) is 18.7 Å². The van der Waals surface area contributed by atoms with Gasteiger partial charge in [-0.3, -0.25) is 9.69 Å². The molecule has 0 bridgehead atoms. The number of rotatable bonds is 6. The van der Waals surface area contributed by atoms with Gasteiger partial charge in [-0.2, -0.15) is 0 Å². The summed E-state index contributed by atoms with van der Waals surface area (Å²) in [4.78, 5) is 25.1. The number of hydrogen-bond donors (Lipinski definition) is 1. The van der Waals surface area contributed by atoms with Crippen LogP contribution in [0.15, 0.2) is 30.5 Å². The molecule has 0 atom stereocenters. The number of carbonyl (C=O) groups excluding carboxylic acids is 2. The Morgan fingerprint density at radius 2 is 1.74 bits per heavy atom. The van der Waals surface area contributed by atoms with Crippen molar-refractivity contribution in [2.75, 3.05) is 27.9 Å². The van der Waals surface area contributed by atoms with E-state index in [1.807, 2.05) is 0 Å². The van der Waals surface area contributed by atoms with E-state index in [1.54, 1.807) is 12.1 Å². The molecule has 1 fully saturated rings. The van der Waals surface area contributed by atoms with Crippen molar-refractivity contribution in [3.63, 3.8) is 0 Å². The smallest absolute Gasteiger partial charge is 0.329 e. The van der Waals surface area contributed by atoms with Crippen LogP contribution in [-0.2, 0) is 4.79 Å². The first-order valence-corrected chi connectivity index (χ1v) is 6.81. The number of imide groups is 1. The normalized spacial score (nSPS) is 15.6. The van der Waals surface area contributed by atoms with E-state index in [0.29, 0.717) is 22.8 Å². The number of amides is 3. The zero-order valence-corrected chi connectivity index (χ0v) is 13.2. The maximum Gasteiger partial charge on any atom is 0.329 e. The second kappa shape index (κ2) is 6.87. The Labute approximate surface area is 134 Å². The Morgan fingerprint density at radius 1 is 1.13 bits per heavy atom. The molecule has 1 aromatic carbocycles. The number of nitrogens with zero attached hydrogens (tertiary/aromatic N) is 1. The number of nitrogens with one attached hydrogen (secondary N) is 1. The van der Waals surface area contributed by atoms with Gasteiger partial charge in [-0.15, -0.1) is 6.58 Å². The van der Waals surface area contributed by atoms with Crippen molar-refractivity contribution in [1.29, 1.82) is 0 Å². The van der Waals surface area contributed by atoms with Crippen LogP contribution in [0.25, 0.3) is 6.08 Å². The first-order valence-electron chi connectivity index (χ1n) is 6.81. The zero-order valence-electron chi connectivity index (χ0n) is 13.2. The third-order valence-electron chi connectivity index (χ3n) is 3.32. The predicted octanol–water partition coefficient (Wildman–Crippen LogP) is 1.79. The molecule has 1 heterocycles. The van der Waals surface area contributed by atoms with Gasteiger partial charge in [0.1, 0.15) is 22.9 Å². The molecule has 1 aliphatic rings. The first-order chi connectivity index (χ1) is 11.0. The Balaban J connectivity index is 2.48. The molecule has 1 N–H and O–H groups in total. The van der Waals surface area contributed by atoms with Crippen molar-refractivity contribution in [2.24, 2.45) is 0 Å². The number of carbonyl (C=O) groups is 2. The summed E-state index contributed by atoms with van der Waals surface area (Å²) in [5.41, 5.74) is 0.665. The molecule has 2 rings (SSSR count). The van der Waals surface area contributed by atoms with Gasteiger partial charge in [0.05, 0.1) is 26.9 Å². The molecule has 7 heteroatoms. The molecule has 0 aromatic heterocycles. The molecule has 1 saturated heterocycles. The van der Waals surface area contributed by atoms with Crippen molar-refractivity contribution < 1.29 is 23.8 Å². The Kier molecular flexibility index (Phi) is 4.90. The fourth-order valence-corrected chi connectivity index (χ4v) is 2.19. The van der Waals surface area contributed by atoms with Crippen LogP contribution in [-0.4, -0.2) is 44.7 Å². The van der Waals surface area contributed by atoms with E-state index < -0.39 is 11.9 Å². The molecule has 0 saturated carbocycles. The van der Waals surface area contributed by atoms with Crippen LogP contribution in [0.3, 0.4) is 0 Å². The van der Waals surface area contributed by atoms with Crippen LogP contribution in [0, 0.1) is 0 Å². The van der Waals surface area contributed by atoms with E-state index >= 15 is 0 Å². The predicted molar refractivity (Wildman–Crippen MR) is 84.5 cm³/mol. The van der Waals surface area contributed by atoms with Gasteiger partial charge < -0.3 is 19.5 Å². The molecule has 0 spiro atoms. The highest BCUT2D eigenvalue weighted by atomic mass is 16.5. The molecule has 3 amide bonds. The van der Waals surface area contributed by atoms with Gasteiger partial charge in [-0.1, -0.05) is 6.08 Å². The van der Waals surface area contributed by atoms with E-state index in [-0.39, 0.29) is 12.2 Å². The van der Waals surface area contributed by atoms with Crippen molar-refractivity contribution in [3.05, 3.63) is 36.0 Å². The third kappa shape index (κ3) is 3.13. The zero-order chi connectivity index (χ0) is 17.0. The van der Waals surface area contributed by atoms with Gasteiger partial charge in [0.25, 0.3) is 5.91 Å². The molecule has 0 aliphatic carbocycles. The molecule has 122 valence electrons. The van der Waals surface area contributed by atoms with E-state index in [0.717, 1.165) is 4.90 Å². The lowest BCUT2D eigenvalue weighted by molar-refractivity contribution is -0.122. The Bertz CT molecular complexity index is 656. The molecule has 0 radical (unpaired) electrons. The summed E-state index contributed by atoms with van der Waals surface area (Å²) in [6.45, 7) is 3.67. The monoisotopic (exact) mass is 318 g/mol. The maximum absolute atomic E-state index is 12.3. The SMILES string of the molecule is C=CCN1C(=O)N/C(=C/c2c(OC)cc(OC)cc2OC)C1=O. The number of hydrogen-bond acceptors (Lipinski definition) is 5. The molecule has 1 aromatic rings. The highest BCUT2D eigenvalue weighted by Crippen LogP contribution is 2.36. The van der Waals surface area contributed by atoms with Gasteiger partial charge in [-0.25, -0.2) is 4.79 Å². The van der Waals surface area contributed by atoms with Gasteiger partial charge in [0.2, 0.25) is 0 Å². The highest BCUT2D eigenvalue weighted by molar-refractivity contribution is 6.14. The minimum Gasteiger partial charge on any atom is -0.496 e. The fraction of sp³-hybridized carbons (Fsp3) is 0.250. The molecular formula is C16H18N2O5.